The number of carbonyl (C=O) groups is 1. The van der Waals surface area contributed by atoms with Gasteiger partial charge in [-0.25, -0.2) is 4.39 Å². The topological polar surface area (TPSA) is 17.1 Å². The maximum absolute atomic E-state index is 12.8. The molecule has 1 aromatic carbocycles. The van der Waals surface area contributed by atoms with Gasteiger partial charge in [0.25, 0.3) is 0 Å². The van der Waals surface area contributed by atoms with Gasteiger partial charge in [0.15, 0.2) is 0 Å². The van der Waals surface area contributed by atoms with Gasteiger partial charge in [0, 0.05) is 12.8 Å². The van der Waals surface area contributed by atoms with Crippen LogP contribution in [0.25, 0.3) is 0 Å². The monoisotopic (exact) mass is 208 g/mol. The van der Waals surface area contributed by atoms with Gasteiger partial charge in [0.05, 0.1) is 0 Å². The van der Waals surface area contributed by atoms with Crippen LogP contribution >= 0.6 is 0 Å². The molecule has 0 aliphatic carbocycles. The van der Waals surface area contributed by atoms with Gasteiger partial charge in [-0.1, -0.05) is 13.0 Å². The molecular formula is C13H17FO. The smallest absolute Gasteiger partial charge is 0.133 e. The minimum Gasteiger partial charge on any atom is -0.300 e. The van der Waals surface area contributed by atoms with E-state index >= 15 is 0 Å². The number of carbonyl (C=O) groups excluding carboxylic acids is 1. The summed E-state index contributed by atoms with van der Waals surface area (Å²) >= 11 is 0. The Hall–Kier alpha value is -1.18. The van der Waals surface area contributed by atoms with E-state index in [0.29, 0.717) is 18.6 Å². The van der Waals surface area contributed by atoms with Crippen LogP contribution in [-0.2, 0) is 11.2 Å². The second-order valence-electron chi connectivity index (χ2n) is 3.86. The Bertz CT molecular complexity index is 344. The van der Waals surface area contributed by atoms with Crippen LogP contribution in [0, 0.1) is 12.7 Å². The Morgan fingerprint density at radius 2 is 2.07 bits per heavy atom. The SMILES string of the molecule is CCCC(=O)CCc1ccc(F)cc1C. The van der Waals surface area contributed by atoms with E-state index < -0.39 is 0 Å². The number of benzene rings is 1. The maximum atomic E-state index is 12.8. The third-order valence-corrected chi connectivity index (χ3v) is 2.51. The summed E-state index contributed by atoms with van der Waals surface area (Å²) in [5, 5.41) is 0. The summed E-state index contributed by atoms with van der Waals surface area (Å²) in [6, 6.07) is 4.73. The van der Waals surface area contributed by atoms with Crippen molar-refractivity contribution in [3.05, 3.63) is 35.1 Å². The predicted molar refractivity (Wildman–Crippen MR) is 59.4 cm³/mol. The van der Waals surface area contributed by atoms with Crippen LogP contribution in [0.4, 0.5) is 4.39 Å². The molecule has 0 unspecified atom stereocenters. The summed E-state index contributed by atoms with van der Waals surface area (Å²) < 4.78 is 12.8. The van der Waals surface area contributed by atoms with Crippen molar-refractivity contribution in [3.63, 3.8) is 0 Å². The Labute approximate surface area is 90.3 Å². The predicted octanol–water partition coefficient (Wildman–Crippen LogP) is 3.44. The molecule has 0 spiro atoms. The van der Waals surface area contributed by atoms with Crippen LogP contribution in [0.15, 0.2) is 18.2 Å². The molecule has 0 aliphatic heterocycles. The van der Waals surface area contributed by atoms with Gasteiger partial charge < -0.3 is 0 Å². The molecule has 82 valence electrons. The second kappa shape index (κ2) is 5.64. The highest BCUT2D eigenvalue weighted by Crippen LogP contribution is 2.12. The minimum atomic E-state index is -0.212. The zero-order valence-corrected chi connectivity index (χ0v) is 9.35. The molecule has 2 heteroatoms. The van der Waals surface area contributed by atoms with Crippen LogP contribution in [0.2, 0.25) is 0 Å². The fraction of sp³-hybridized carbons (Fsp3) is 0.462. The van der Waals surface area contributed by atoms with Gasteiger partial charge in [-0.3, -0.25) is 4.79 Å². The van der Waals surface area contributed by atoms with Crippen LogP contribution in [0.1, 0.15) is 37.3 Å². The summed E-state index contributed by atoms with van der Waals surface area (Å²) in [6.45, 7) is 3.88. The number of hydrogen-bond donors (Lipinski definition) is 0. The molecule has 0 heterocycles. The number of halogens is 1. The van der Waals surface area contributed by atoms with Gasteiger partial charge >= 0.3 is 0 Å². The van der Waals surface area contributed by atoms with Crippen molar-refractivity contribution in [3.8, 4) is 0 Å². The molecule has 15 heavy (non-hydrogen) atoms. The Morgan fingerprint density at radius 3 is 2.67 bits per heavy atom. The summed E-state index contributed by atoms with van der Waals surface area (Å²) in [6.07, 6.45) is 2.85. The average molecular weight is 208 g/mol. The molecule has 0 atom stereocenters. The van der Waals surface area contributed by atoms with E-state index in [1.54, 1.807) is 6.07 Å². The molecule has 0 N–H and O–H groups in total. The molecule has 0 radical (unpaired) electrons. The lowest BCUT2D eigenvalue weighted by Gasteiger charge is -2.04. The normalized spacial score (nSPS) is 10.3. The fourth-order valence-electron chi connectivity index (χ4n) is 1.62. The van der Waals surface area contributed by atoms with Crippen molar-refractivity contribution in [1.82, 2.24) is 0 Å². The van der Waals surface area contributed by atoms with Crippen LogP contribution in [-0.4, -0.2) is 5.78 Å². The highest BCUT2D eigenvalue weighted by Gasteiger charge is 2.04. The van der Waals surface area contributed by atoms with Crippen molar-refractivity contribution in [2.75, 3.05) is 0 Å². The molecule has 0 fully saturated rings. The third kappa shape index (κ3) is 3.82. The van der Waals surface area contributed by atoms with Crippen LogP contribution in [0.3, 0.4) is 0 Å². The van der Waals surface area contributed by atoms with E-state index in [2.05, 4.69) is 0 Å². The molecule has 0 aliphatic rings. The molecule has 1 aromatic rings. The average Bonchev–Trinajstić information content (AvgIpc) is 2.17. The Balaban J connectivity index is 2.54. The van der Waals surface area contributed by atoms with E-state index in [9.17, 15) is 9.18 Å². The van der Waals surface area contributed by atoms with Crippen LogP contribution < -0.4 is 0 Å². The molecular weight excluding hydrogens is 191 g/mol. The van der Waals surface area contributed by atoms with E-state index in [1.807, 2.05) is 13.8 Å². The standard InChI is InChI=1S/C13H17FO/c1-3-4-13(15)8-6-11-5-7-12(14)9-10(11)2/h5,7,9H,3-4,6,8H2,1-2H3. The van der Waals surface area contributed by atoms with Crippen molar-refractivity contribution in [1.29, 1.82) is 0 Å². The second-order valence-corrected chi connectivity index (χ2v) is 3.86. The molecule has 0 saturated heterocycles. The van der Waals surface area contributed by atoms with E-state index in [0.717, 1.165) is 24.0 Å². The molecule has 0 bridgehead atoms. The van der Waals surface area contributed by atoms with Gasteiger partial charge in [-0.15, -0.1) is 0 Å². The first-order chi connectivity index (χ1) is 7.13. The quantitative estimate of drug-likeness (QED) is 0.724. The summed E-state index contributed by atoms with van der Waals surface area (Å²) in [7, 11) is 0. The molecule has 1 nitrogen and oxygen atoms in total. The van der Waals surface area contributed by atoms with E-state index in [1.165, 1.54) is 12.1 Å². The Kier molecular flexibility index (Phi) is 4.47. The van der Waals surface area contributed by atoms with Crippen LogP contribution in [0.5, 0.6) is 0 Å². The lowest BCUT2D eigenvalue weighted by atomic mass is 10.0. The summed E-state index contributed by atoms with van der Waals surface area (Å²) in [5.74, 6) is 0.0809. The number of rotatable bonds is 5. The number of ketones is 1. The van der Waals surface area contributed by atoms with Gasteiger partial charge in [-0.05, 0) is 43.0 Å². The van der Waals surface area contributed by atoms with Gasteiger partial charge in [-0.2, -0.15) is 0 Å². The first-order valence-electron chi connectivity index (χ1n) is 5.40. The van der Waals surface area contributed by atoms with Crippen molar-refractivity contribution < 1.29 is 9.18 Å². The van der Waals surface area contributed by atoms with Gasteiger partial charge in [0.2, 0.25) is 0 Å². The molecule has 0 aromatic heterocycles. The van der Waals surface area contributed by atoms with Crippen molar-refractivity contribution >= 4 is 5.78 Å². The summed E-state index contributed by atoms with van der Waals surface area (Å²) in [4.78, 5) is 11.3. The first-order valence-corrected chi connectivity index (χ1v) is 5.40. The Morgan fingerprint density at radius 1 is 1.33 bits per heavy atom. The summed E-state index contributed by atoms with van der Waals surface area (Å²) in [5.41, 5.74) is 2.00. The van der Waals surface area contributed by atoms with E-state index in [4.69, 9.17) is 0 Å². The van der Waals surface area contributed by atoms with Gasteiger partial charge in [0.1, 0.15) is 11.6 Å². The third-order valence-electron chi connectivity index (χ3n) is 2.51. The number of hydrogen-bond acceptors (Lipinski definition) is 1. The molecule has 0 amide bonds. The fourth-order valence-corrected chi connectivity index (χ4v) is 1.62. The highest BCUT2D eigenvalue weighted by atomic mass is 19.1. The zero-order valence-electron chi connectivity index (χ0n) is 9.35. The number of Topliss-reactive ketones (excluding diaryl/α,β-unsaturated/α-hetero) is 1. The highest BCUT2D eigenvalue weighted by molar-refractivity contribution is 5.78. The lowest BCUT2D eigenvalue weighted by molar-refractivity contribution is -0.119. The van der Waals surface area contributed by atoms with E-state index in [-0.39, 0.29) is 5.82 Å². The largest absolute Gasteiger partial charge is 0.300 e. The van der Waals surface area contributed by atoms with Crippen molar-refractivity contribution in [2.24, 2.45) is 0 Å². The number of aryl methyl sites for hydroxylation is 2. The molecule has 0 saturated carbocycles. The zero-order chi connectivity index (χ0) is 11.3. The molecule has 1 rings (SSSR count). The lowest BCUT2D eigenvalue weighted by Crippen LogP contribution is -2.00. The first kappa shape index (κ1) is 11.9. The van der Waals surface area contributed by atoms with Crippen molar-refractivity contribution in [2.45, 2.75) is 39.5 Å². The minimum absolute atomic E-state index is 0.212. The maximum Gasteiger partial charge on any atom is 0.133 e.